The predicted molar refractivity (Wildman–Crippen MR) is 114 cm³/mol. The third-order valence-corrected chi connectivity index (χ3v) is 4.72. The van der Waals surface area contributed by atoms with Crippen molar-refractivity contribution < 1.29 is 14.3 Å². The second-order valence-electron chi connectivity index (χ2n) is 7.09. The molecule has 1 unspecified atom stereocenters. The predicted octanol–water partition coefficient (Wildman–Crippen LogP) is 4.08. The van der Waals surface area contributed by atoms with Crippen molar-refractivity contribution >= 4 is 27.7 Å². The van der Waals surface area contributed by atoms with Crippen LogP contribution >= 0.6 is 15.9 Å². The minimum absolute atomic E-state index is 0.00146. The zero-order valence-electron chi connectivity index (χ0n) is 16.7. The number of ether oxygens (including phenoxy) is 1. The Labute approximate surface area is 175 Å². The van der Waals surface area contributed by atoms with E-state index in [0.29, 0.717) is 12.3 Å². The monoisotopic (exact) mass is 446 g/mol. The molecule has 2 aromatic rings. The lowest BCUT2D eigenvalue weighted by Crippen LogP contribution is -2.50. The Balaban J connectivity index is 2.14. The van der Waals surface area contributed by atoms with Crippen molar-refractivity contribution in [3.8, 4) is 5.75 Å². The fourth-order valence-electron chi connectivity index (χ4n) is 2.68. The highest BCUT2D eigenvalue weighted by Gasteiger charge is 2.26. The average Bonchev–Trinajstić information content (AvgIpc) is 2.64. The molecule has 0 bridgehead atoms. The fourth-order valence-corrected chi connectivity index (χ4v) is 3.13. The van der Waals surface area contributed by atoms with Crippen LogP contribution in [0.4, 0.5) is 0 Å². The van der Waals surface area contributed by atoms with E-state index in [1.54, 1.807) is 11.8 Å². The maximum atomic E-state index is 12.9. The Kier molecular flexibility index (Phi) is 8.05. The third-order valence-electron chi connectivity index (χ3n) is 4.22. The van der Waals surface area contributed by atoms with Crippen LogP contribution in [0, 0.1) is 6.92 Å². The second-order valence-corrected chi connectivity index (χ2v) is 8.01. The lowest BCUT2D eigenvalue weighted by Gasteiger charge is -2.29. The molecule has 0 aliphatic rings. The first kappa shape index (κ1) is 22.0. The molecule has 0 heterocycles. The van der Waals surface area contributed by atoms with Crippen molar-refractivity contribution in [1.29, 1.82) is 0 Å². The summed E-state index contributed by atoms with van der Waals surface area (Å²) in [4.78, 5) is 27.0. The van der Waals surface area contributed by atoms with Gasteiger partial charge in [-0.2, -0.15) is 0 Å². The molecule has 0 radical (unpaired) electrons. The van der Waals surface area contributed by atoms with E-state index in [1.807, 2.05) is 69.3 Å². The zero-order chi connectivity index (χ0) is 20.7. The van der Waals surface area contributed by atoms with E-state index in [2.05, 4.69) is 21.2 Å². The molecular formula is C22H27BrN2O3. The van der Waals surface area contributed by atoms with Crippen molar-refractivity contribution in [3.63, 3.8) is 0 Å². The molecular weight excluding hydrogens is 420 g/mol. The van der Waals surface area contributed by atoms with Crippen LogP contribution in [0.15, 0.2) is 53.0 Å². The van der Waals surface area contributed by atoms with Gasteiger partial charge in [0.2, 0.25) is 5.91 Å². The minimum atomic E-state index is -0.615. The van der Waals surface area contributed by atoms with Gasteiger partial charge in [0.1, 0.15) is 11.8 Å². The smallest absolute Gasteiger partial charge is 0.261 e. The second kappa shape index (κ2) is 10.3. The molecule has 0 saturated carbocycles. The Morgan fingerprint density at radius 1 is 1.11 bits per heavy atom. The summed E-state index contributed by atoms with van der Waals surface area (Å²) in [7, 11) is 0. The molecule has 1 N–H and O–H groups in total. The average molecular weight is 447 g/mol. The highest BCUT2D eigenvalue weighted by Crippen LogP contribution is 2.16. The Morgan fingerprint density at radius 2 is 1.79 bits per heavy atom. The molecule has 1 atom stereocenters. The Morgan fingerprint density at radius 3 is 2.39 bits per heavy atom. The molecule has 0 aliphatic carbocycles. The molecule has 6 heteroatoms. The molecule has 0 saturated heterocycles. The van der Waals surface area contributed by atoms with E-state index >= 15 is 0 Å². The first-order chi connectivity index (χ1) is 13.3. The number of nitrogens with one attached hydrogen (secondary N) is 1. The number of carbonyl (C=O) groups is 2. The normalized spacial score (nSPS) is 11.8. The van der Waals surface area contributed by atoms with Gasteiger partial charge in [-0.3, -0.25) is 9.59 Å². The fraction of sp³-hybridized carbons (Fsp3) is 0.364. The Hall–Kier alpha value is -2.34. The first-order valence-electron chi connectivity index (χ1n) is 9.30. The highest BCUT2D eigenvalue weighted by atomic mass is 79.9. The lowest BCUT2D eigenvalue weighted by atomic mass is 10.1. The van der Waals surface area contributed by atoms with Crippen LogP contribution in [0.25, 0.3) is 0 Å². The third kappa shape index (κ3) is 6.68. The van der Waals surface area contributed by atoms with Crippen molar-refractivity contribution in [2.75, 3.05) is 6.61 Å². The topological polar surface area (TPSA) is 58.6 Å². The van der Waals surface area contributed by atoms with E-state index in [1.165, 1.54) is 0 Å². The summed E-state index contributed by atoms with van der Waals surface area (Å²) in [5, 5.41) is 2.87. The molecule has 2 aromatic carbocycles. The molecule has 5 nitrogen and oxygen atoms in total. The van der Waals surface area contributed by atoms with Gasteiger partial charge in [-0.15, -0.1) is 0 Å². The molecule has 2 rings (SSSR count). The van der Waals surface area contributed by atoms with Gasteiger partial charge in [0, 0.05) is 17.1 Å². The van der Waals surface area contributed by atoms with Gasteiger partial charge in [0.05, 0.1) is 0 Å². The highest BCUT2D eigenvalue weighted by molar-refractivity contribution is 9.10. The number of carbonyl (C=O) groups excluding carboxylic acids is 2. The van der Waals surface area contributed by atoms with E-state index in [4.69, 9.17) is 4.74 Å². The van der Waals surface area contributed by atoms with E-state index in [0.717, 1.165) is 15.6 Å². The lowest BCUT2D eigenvalue weighted by molar-refractivity contribution is -0.142. The molecule has 0 aliphatic heterocycles. The van der Waals surface area contributed by atoms with Crippen LogP contribution in [0.3, 0.4) is 0 Å². The summed E-state index contributed by atoms with van der Waals surface area (Å²) < 4.78 is 6.57. The number of hydrogen-bond acceptors (Lipinski definition) is 3. The summed E-state index contributed by atoms with van der Waals surface area (Å²) in [5.74, 6) is 0.196. The number of nitrogens with zero attached hydrogens (tertiary/aromatic N) is 1. The number of halogens is 1. The van der Waals surface area contributed by atoms with Crippen molar-refractivity contribution in [3.05, 3.63) is 64.1 Å². The van der Waals surface area contributed by atoms with Crippen LogP contribution in [-0.4, -0.2) is 35.4 Å². The van der Waals surface area contributed by atoms with Crippen LogP contribution in [0.2, 0.25) is 0 Å². The molecule has 0 aromatic heterocycles. The number of hydrogen-bond donors (Lipinski definition) is 1. The minimum Gasteiger partial charge on any atom is -0.484 e. The Bertz CT molecular complexity index is 806. The van der Waals surface area contributed by atoms with Crippen molar-refractivity contribution in [2.45, 2.75) is 46.3 Å². The summed E-state index contributed by atoms with van der Waals surface area (Å²) in [6.45, 7) is 7.71. The molecule has 28 heavy (non-hydrogen) atoms. The number of rotatable bonds is 8. The number of benzene rings is 2. The maximum absolute atomic E-state index is 12.9. The summed E-state index contributed by atoms with van der Waals surface area (Å²) in [5.41, 5.74) is 2.05. The van der Waals surface area contributed by atoms with E-state index < -0.39 is 6.04 Å². The SMILES string of the molecule is Cc1ccc(OCC(=O)N(Cc2cccc(Br)c2)C(C)C(=O)NC(C)C)cc1. The van der Waals surface area contributed by atoms with Gasteiger partial charge in [-0.05, 0) is 57.5 Å². The molecule has 2 amide bonds. The largest absolute Gasteiger partial charge is 0.484 e. The van der Waals surface area contributed by atoms with Crippen LogP contribution in [0.5, 0.6) is 5.75 Å². The van der Waals surface area contributed by atoms with Crippen LogP contribution < -0.4 is 10.1 Å². The van der Waals surface area contributed by atoms with E-state index in [9.17, 15) is 9.59 Å². The molecule has 0 spiro atoms. The summed E-state index contributed by atoms with van der Waals surface area (Å²) in [6.07, 6.45) is 0. The van der Waals surface area contributed by atoms with Gasteiger partial charge < -0.3 is 15.0 Å². The van der Waals surface area contributed by atoms with E-state index in [-0.39, 0.29) is 24.5 Å². The van der Waals surface area contributed by atoms with Crippen molar-refractivity contribution in [2.24, 2.45) is 0 Å². The van der Waals surface area contributed by atoms with Crippen LogP contribution in [-0.2, 0) is 16.1 Å². The van der Waals surface area contributed by atoms with Gasteiger partial charge in [0.15, 0.2) is 6.61 Å². The standard InChI is InChI=1S/C22H27BrN2O3/c1-15(2)24-22(27)17(4)25(13-18-6-5-7-19(23)12-18)21(26)14-28-20-10-8-16(3)9-11-20/h5-12,15,17H,13-14H2,1-4H3,(H,24,27). The van der Waals surface area contributed by atoms with Crippen LogP contribution in [0.1, 0.15) is 31.9 Å². The van der Waals surface area contributed by atoms with Gasteiger partial charge in [0.25, 0.3) is 5.91 Å². The van der Waals surface area contributed by atoms with Gasteiger partial charge in [-0.25, -0.2) is 0 Å². The molecule has 0 fully saturated rings. The zero-order valence-corrected chi connectivity index (χ0v) is 18.3. The van der Waals surface area contributed by atoms with Gasteiger partial charge in [-0.1, -0.05) is 45.8 Å². The maximum Gasteiger partial charge on any atom is 0.261 e. The van der Waals surface area contributed by atoms with Gasteiger partial charge >= 0.3 is 0 Å². The summed E-state index contributed by atoms with van der Waals surface area (Å²) in [6, 6.07) is 14.6. The number of aryl methyl sites for hydroxylation is 1. The quantitative estimate of drug-likeness (QED) is 0.664. The molecule has 150 valence electrons. The van der Waals surface area contributed by atoms with Crippen molar-refractivity contribution in [1.82, 2.24) is 10.2 Å². The number of amides is 2. The summed E-state index contributed by atoms with van der Waals surface area (Å²) >= 11 is 3.45. The first-order valence-corrected chi connectivity index (χ1v) is 10.1.